The van der Waals surface area contributed by atoms with Crippen LogP contribution in [0.1, 0.15) is 27.5 Å². The highest BCUT2D eigenvalue weighted by Gasteiger charge is 2.33. The zero-order chi connectivity index (χ0) is 24.1. The Kier molecular flexibility index (Phi) is 7.33. The average Bonchev–Trinajstić information content (AvgIpc) is 2.85. The van der Waals surface area contributed by atoms with Gasteiger partial charge in [-0.1, -0.05) is 60.7 Å². The highest BCUT2D eigenvalue weighted by atomic mass is 19.1. The second-order valence-electron chi connectivity index (χ2n) is 8.48. The second-order valence-corrected chi connectivity index (χ2v) is 8.48. The van der Waals surface area contributed by atoms with Crippen LogP contribution in [0.15, 0.2) is 78.9 Å². The highest BCUT2D eigenvalue weighted by Crippen LogP contribution is 2.25. The minimum Gasteiger partial charge on any atom is -0.340 e. The summed E-state index contributed by atoms with van der Waals surface area (Å²) < 4.78 is 27.1. The molecule has 0 radical (unpaired) electrons. The molecule has 0 aromatic heterocycles. The molecule has 3 aromatic carbocycles. The van der Waals surface area contributed by atoms with Crippen molar-refractivity contribution in [1.29, 1.82) is 0 Å². The average molecular weight is 464 g/mol. The first-order chi connectivity index (χ1) is 16.4. The number of amides is 2. The molecule has 2 amide bonds. The zero-order valence-electron chi connectivity index (χ0n) is 19.0. The predicted molar refractivity (Wildman–Crippen MR) is 126 cm³/mol. The Bertz CT molecular complexity index is 1110. The number of benzene rings is 3. The zero-order valence-corrected chi connectivity index (χ0v) is 19.0. The molecule has 1 saturated heterocycles. The minimum absolute atomic E-state index is 0.00997. The highest BCUT2D eigenvalue weighted by molar-refractivity contribution is 5.94. The molecule has 7 heteroatoms. The summed E-state index contributed by atoms with van der Waals surface area (Å²) in [7, 11) is 1.80. The summed E-state index contributed by atoms with van der Waals surface area (Å²) in [5, 5.41) is 0. The van der Waals surface area contributed by atoms with Gasteiger partial charge in [0, 0.05) is 51.4 Å². The van der Waals surface area contributed by atoms with Crippen molar-refractivity contribution in [3.8, 4) is 0 Å². The molecule has 1 atom stereocenters. The SMILES string of the molecule is CN(Cc1ccccc1)C(=O)[C@@H](c1ccccc1)N1CCN(C(=O)c2cc(F)cc(F)c2)CC1. The van der Waals surface area contributed by atoms with E-state index < -0.39 is 23.6 Å². The number of nitrogens with zero attached hydrogens (tertiary/aromatic N) is 3. The minimum atomic E-state index is -0.779. The molecule has 5 nitrogen and oxygen atoms in total. The predicted octanol–water partition coefficient (Wildman–Crippen LogP) is 4.12. The summed E-state index contributed by atoms with van der Waals surface area (Å²) in [6, 6.07) is 21.8. The summed E-state index contributed by atoms with van der Waals surface area (Å²) >= 11 is 0. The van der Waals surface area contributed by atoms with Gasteiger partial charge in [0.15, 0.2) is 0 Å². The number of hydrogen-bond donors (Lipinski definition) is 0. The lowest BCUT2D eigenvalue weighted by molar-refractivity contribution is -0.137. The second kappa shape index (κ2) is 10.6. The molecule has 4 rings (SSSR count). The number of piperazine rings is 1. The van der Waals surface area contributed by atoms with Crippen molar-refractivity contribution in [2.75, 3.05) is 33.2 Å². The van der Waals surface area contributed by atoms with Gasteiger partial charge in [-0.2, -0.15) is 0 Å². The van der Waals surface area contributed by atoms with Crippen LogP contribution in [-0.2, 0) is 11.3 Å². The van der Waals surface area contributed by atoms with E-state index in [0.717, 1.165) is 29.3 Å². The molecule has 1 fully saturated rings. The molecule has 1 aliphatic rings. The van der Waals surface area contributed by atoms with E-state index in [1.807, 2.05) is 60.7 Å². The maximum atomic E-state index is 13.6. The van der Waals surface area contributed by atoms with Gasteiger partial charge in [-0.3, -0.25) is 14.5 Å². The Labute approximate surface area is 198 Å². The smallest absolute Gasteiger partial charge is 0.254 e. The molecular weight excluding hydrogens is 436 g/mol. The van der Waals surface area contributed by atoms with Crippen molar-refractivity contribution in [3.05, 3.63) is 107 Å². The molecule has 1 aliphatic heterocycles. The number of rotatable bonds is 6. The van der Waals surface area contributed by atoms with Gasteiger partial charge in [-0.05, 0) is 23.3 Å². The Morgan fingerprint density at radius 3 is 2.00 bits per heavy atom. The third kappa shape index (κ3) is 5.48. The Morgan fingerprint density at radius 2 is 1.41 bits per heavy atom. The molecule has 176 valence electrons. The summed E-state index contributed by atoms with van der Waals surface area (Å²) in [5.41, 5.74) is 1.92. The van der Waals surface area contributed by atoms with Crippen LogP contribution in [0.4, 0.5) is 8.78 Å². The number of likely N-dealkylation sites (N-methyl/N-ethyl adjacent to an activating group) is 1. The lowest BCUT2D eigenvalue weighted by Gasteiger charge is -2.40. The molecule has 0 spiro atoms. The van der Waals surface area contributed by atoms with E-state index in [1.54, 1.807) is 16.8 Å². The van der Waals surface area contributed by atoms with Gasteiger partial charge in [0.2, 0.25) is 5.91 Å². The van der Waals surface area contributed by atoms with Gasteiger partial charge in [0.05, 0.1) is 0 Å². The van der Waals surface area contributed by atoms with E-state index in [1.165, 1.54) is 0 Å². The third-order valence-electron chi connectivity index (χ3n) is 6.06. The van der Waals surface area contributed by atoms with E-state index >= 15 is 0 Å². The standard InChI is InChI=1S/C27H27F2N3O2/c1-30(19-20-8-4-2-5-9-20)27(34)25(21-10-6-3-7-11-21)31-12-14-32(15-13-31)26(33)22-16-23(28)18-24(29)17-22/h2-11,16-18,25H,12-15,19H2,1H3/t25-/m1/s1. The van der Waals surface area contributed by atoms with E-state index in [0.29, 0.717) is 32.7 Å². The van der Waals surface area contributed by atoms with Gasteiger partial charge in [-0.15, -0.1) is 0 Å². The van der Waals surface area contributed by atoms with Crippen LogP contribution in [0, 0.1) is 11.6 Å². The molecule has 0 aliphatic carbocycles. The lowest BCUT2D eigenvalue weighted by atomic mass is 10.0. The van der Waals surface area contributed by atoms with Crippen molar-refractivity contribution in [1.82, 2.24) is 14.7 Å². The molecule has 34 heavy (non-hydrogen) atoms. The fourth-order valence-corrected chi connectivity index (χ4v) is 4.33. The van der Waals surface area contributed by atoms with E-state index in [-0.39, 0.29) is 11.5 Å². The molecule has 3 aromatic rings. The lowest BCUT2D eigenvalue weighted by Crippen LogP contribution is -2.52. The monoisotopic (exact) mass is 463 g/mol. The molecule has 0 unspecified atom stereocenters. The number of carbonyl (C=O) groups excluding carboxylic acids is 2. The fraction of sp³-hybridized carbons (Fsp3) is 0.259. The van der Waals surface area contributed by atoms with Gasteiger partial charge >= 0.3 is 0 Å². The van der Waals surface area contributed by atoms with Crippen LogP contribution in [0.2, 0.25) is 0 Å². The third-order valence-corrected chi connectivity index (χ3v) is 6.06. The maximum absolute atomic E-state index is 13.6. The van der Waals surface area contributed by atoms with Crippen LogP contribution < -0.4 is 0 Å². The Hall–Kier alpha value is -3.58. The van der Waals surface area contributed by atoms with Crippen LogP contribution in [-0.4, -0.2) is 59.7 Å². The first kappa shape index (κ1) is 23.6. The Balaban J connectivity index is 1.48. The van der Waals surface area contributed by atoms with Gasteiger partial charge in [-0.25, -0.2) is 8.78 Å². The van der Waals surface area contributed by atoms with Gasteiger partial charge in [0.25, 0.3) is 5.91 Å². The van der Waals surface area contributed by atoms with E-state index in [9.17, 15) is 18.4 Å². The maximum Gasteiger partial charge on any atom is 0.254 e. The number of carbonyl (C=O) groups is 2. The summed E-state index contributed by atoms with van der Waals surface area (Å²) in [6.45, 7) is 2.14. The van der Waals surface area contributed by atoms with Gasteiger partial charge in [0.1, 0.15) is 17.7 Å². The number of halogens is 2. The molecule has 0 bridgehead atoms. The largest absolute Gasteiger partial charge is 0.340 e. The van der Waals surface area contributed by atoms with Crippen molar-refractivity contribution in [2.45, 2.75) is 12.6 Å². The fourth-order valence-electron chi connectivity index (χ4n) is 4.33. The van der Waals surface area contributed by atoms with Crippen LogP contribution in [0.3, 0.4) is 0 Å². The Morgan fingerprint density at radius 1 is 0.853 bits per heavy atom. The van der Waals surface area contributed by atoms with E-state index in [4.69, 9.17) is 0 Å². The quantitative estimate of drug-likeness (QED) is 0.552. The topological polar surface area (TPSA) is 43.9 Å². The van der Waals surface area contributed by atoms with Crippen molar-refractivity contribution in [3.63, 3.8) is 0 Å². The van der Waals surface area contributed by atoms with Crippen LogP contribution >= 0.6 is 0 Å². The van der Waals surface area contributed by atoms with Crippen molar-refractivity contribution in [2.24, 2.45) is 0 Å². The first-order valence-electron chi connectivity index (χ1n) is 11.3. The molecule has 0 N–H and O–H groups in total. The normalized spacial score (nSPS) is 15.1. The van der Waals surface area contributed by atoms with Crippen LogP contribution in [0.5, 0.6) is 0 Å². The van der Waals surface area contributed by atoms with Crippen LogP contribution in [0.25, 0.3) is 0 Å². The van der Waals surface area contributed by atoms with Crippen molar-refractivity contribution >= 4 is 11.8 Å². The summed E-state index contributed by atoms with van der Waals surface area (Å²) in [6.07, 6.45) is 0. The first-order valence-corrected chi connectivity index (χ1v) is 11.3. The summed E-state index contributed by atoms with van der Waals surface area (Å²) in [4.78, 5) is 31.7. The molecule has 1 heterocycles. The molecular formula is C27H27F2N3O2. The molecule has 0 saturated carbocycles. The van der Waals surface area contributed by atoms with Crippen molar-refractivity contribution < 1.29 is 18.4 Å². The summed E-state index contributed by atoms with van der Waals surface area (Å²) in [5.74, 6) is -2.00. The van der Waals surface area contributed by atoms with Gasteiger partial charge < -0.3 is 9.80 Å². The van der Waals surface area contributed by atoms with E-state index in [2.05, 4.69) is 4.90 Å². The number of hydrogen-bond acceptors (Lipinski definition) is 3.